The van der Waals surface area contributed by atoms with E-state index in [4.69, 9.17) is 0 Å². The van der Waals surface area contributed by atoms with E-state index in [1.807, 2.05) is 26.0 Å². The van der Waals surface area contributed by atoms with Gasteiger partial charge in [-0.25, -0.2) is 13.4 Å². The largest absolute Gasteiger partial charge is 0.325 e. The van der Waals surface area contributed by atoms with Crippen LogP contribution < -0.4 is 10.7 Å². The van der Waals surface area contributed by atoms with Gasteiger partial charge in [0.2, 0.25) is 21.2 Å². The Balaban J connectivity index is 1.81. The average molecular weight is 462 g/mol. The Kier molecular flexibility index (Phi) is 5.86. The molecule has 1 amide bonds. The number of sulfone groups is 1. The molecular weight excluding hydrogens is 438 g/mol. The maximum atomic E-state index is 13.3. The van der Waals surface area contributed by atoms with Crippen LogP contribution in [0.3, 0.4) is 0 Å². The molecule has 2 aromatic carbocycles. The fraction of sp³-hybridized carbons (Fsp3) is 0.160. The topological polar surface area (TPSA) is 98.1 Å². The molecule has 8 heteroatoms. The molecule has 0 aliphatic heterocycles. The van der Waals surface area contributed by atoms with Gasteiger partial charge in [-0.3, -0.25) is 9.59 Å². The number of nitrogens with zero attached hydrogens (tertiary/aromatic N) is 2. The minimum absolute atomic E-state index is 0.0141. The number of anilines is 1. The highest BCUT2D eigenvalue weighted by Crippen LogP contribution is 2.21. The number of carbonyl (C=O) groups is 1. The van der Waals surface area contributed by atoms with Crippen molar-refractivity contribution in [3.8, 4) is 0 Å². The summed E-state index contributed by atoms with van der Waals surface area (Å²) in [4.78, 5) is 29.9. The lowest BCUT2D eigenvalue weighted by Crippen LogP contribution is -2.24. The van der Waals surface area contributed by atoms with Crippen LogP contribution in [0.15, 0.2) is 81.4 Å². The van der Waals surface area contributed by atoms with Crippen molar-refractivity contribution in [2.75, 3.05) is 5.32 Å². The van der Waals surface area contributed by atoms with Crippen LogP contribution >= 0.6 is 0 Å². The summed E-state index contributed by atoms with van der Waals surface area (Å²) in [5.74, 6) is -0.370. The molecule has 168 valence electrons. The first-order valence-corrected chi connectivity index (χ1v) is 11.8. The second-order valence-corrected chi connectivity index (χ2v) is 9.92. The summed E-state index contributed by atoms with van der Waals surface area (Å²) in [5, 5.41) is 2.93. The molecule has 0 aliphatic carbocycles. The van der Waals surface area contributed by atoms with Crippen LogP contribution in [0.2, 0.25) is 0 Å². The van der Waals surface area contributed by atoms with Gasteiger partial charge in [-0.1, -0.05) is 35.4 Å². The maximum absolute atomic E-state index is 13.3. The Morgan fingerprint density at radius 2 is 1.52 bits per heavy atom. The molecule has 4 aromatic rings. The van der Waals surface area contributed by atoms with Crippen molar-refractivity contribution in [2.45, 2.75) is 37.1 Å². The fourth-order valence-corrected chi connectivity index (χ4v) is 4.85. The van der Waals surface area contributed by atoms with Gasteiger partial charge in [-0.2, -0.15) is 0 Å². The molecule has 0 atom stereocenters. The van der Waals surface area contributed by atoms with E-state index >= 15 is 0 Å². The zero-order chi connectivity index (χ0) is 23.8. The molecule has 0 radical (unpaired) electrons. The summed E-state index contributed by atoms with van der Waals surface area (Å²) in [5.41, 5.74) is 2.83. The smallest absolute Gasteiger partial charge is 0.244 e. The Labute approximate surface area is 191 Å². The van der Waals surface area contributed by atoms with Crippen LogP contribution in [0, 0.1) is 20.8 Å². The zero-order valence-corrected chi connectivity index (χ0v) is 19.3. The normalized spacial score (nSPS) is 11.5. The first kappa shape index (κ1) is 22.4. The molecule has 7 nitrogen and oxygen atoms in total. The van der Waals surface area contributed by atoms with Crippen LogP contribution in [0.5, 0.6) is 0 Å². The summed E-state index contributed by atoms with van der Waals surface area (Å²) in [6, 6.07) is 16.8. The van der Waals surface area contributed by atoms with Crippen LogP contribution in [0.25, 0.3) is 11.0 Å². The van der Waals surface area contributed by atoms with E-state index in [0.29, 0.717) is 11.4 Å². The lowest BCUT2D eigenvalue weighted by molar-refractivity contribution is -0.116. The van der Waals surface area contributed by atoms with Gasteiger partial charge in [0.25, 0.3) is 0 Å². The van der Waals surface area contributed by atoms with E-state index < -0.39 is 20.2 Å². The quantitative estimate of drug-likeness (QED) is 0.488. The van der Waals surface area contributed by atoms with Crippen molar-refractivity contribution in [1.29, 1.82) is 0 Å². The highest BCUT2D eigenvalue weighted by atomic mass is 32.2. The third-order valence-corrected chi connectivity index (χ3v) is 7.06. The molecule has 0 saturated carbocycles. The number of rotatable bonds is 5. The molecule has 0 aliphatic rings. The van der Waals surface area contributed by atoms with E-state index in [1.165, 1.54) is 22.9 Å². The Morgan fingerprint density at radius 3 is 2.15 bits per heavy atom. The number of nitrogens with one attached hydrogen (secondary N) is 1. The van der Waals surface area contributed by atoms with Crippen molar-refractivity contribution >= 4 is 32.5 Å². The predicted molar refractivity (Wildman–Crippen MR) is 127 cm³/mol. The Morgan fingerprint density at radius 1 is 0.909 bits per heavy atom. The standard InChI is InChI=1S/C25H23N3O4S/c1-16-4-9-19(10-5-16)27-23(29)15-28-14-22(24(30)21-13-8-18(3)26-25(21)28)33(31,32)20-11-6-17(2)7-12-20/h4-14H,15H2,1-3H3,(H,27,29). The number of amides is 1. The highest BCUT2D eigenvalue weighted by Gasteiger charge is 2.24. The monoisotopic (exact) mass is 461 g/mol. The van der Waals surface area contributed by atoms with Crippen molar-refractivity contribution in [1.82, 2.24) is 9.55 Å². The van der Waals surface area contributed by atoms with Crippen molar-refractivity contribution in [2.24, 2.45) is 0 Å². The summed E-state index contributed by atoms with van der Waals surface area (Å²) in [6.07, 6.45) is 1.21. The van der Waals surface area contributed by atoms with Crippen molar-refractivity contribution in [3.05, 3.63) is 93.9 Å². The van der Waals surface area contributed by atoms with Gasteiger partial charge in [0.1, 0.15) is 17.1 Å². The molecule has 1 N–H and O–H groups in total. The number of hydrogen-bond donors (Lipinski definition) is 1. The van der Waals surface area contributed by atoms with Gasteiger partial charge in [0.15, 0.2) is 0 Å². The Bertz CT molecular complexity index is 1520. The van der Waals surface area contributed by atoms with Crippen LogP contribution in [0.1, 0.15) is 16.8 Å². The van der Waals surface area contributed by atoms with Crippen LogP contribution in [-0.2, 0) is 21.2 Å². The summed E-state index contributed by atoms with van der Waals surface area (Å²) in [7, 11) is -4.10. The number of pyridine rings is 2. The molecule has 4 rings (SSSR count). The minimum Gasteiger partial charge on any atom is -0.325 e. The van der Waals surface area contributed by atoms with Gasteiger partial charge >= 0.3 is 0 Å². The molecule has 33 heavy (non-hydrogen) atoms. The molecular formula is C25H23N3O4S. The zero-order valence-electron chi connectivity index (χ0n) is 18.5. The molecule has 2 aromatic heterocycles. The molecule has 0 fully saturated rings. The lowest BCUT2D eigenvalue weighted by atomic mass is 10.2. The number of carbonyl (C=O) groups excluding carboxylic acids is 1. The number of benzene rings is 2. The number of fused-ring (bicyclic) bond motifs is 1. The molecule has 0 bridgehead atoms. The van der Waals surface area contributed by atoms with E-state index in [1.54, 1.807) is 43.3 Å². The highest BCUT2D eigenvalue weighted by molar-refractivity contribution is 7.91. The third kappa shape index (κ3) is 4.56. The van der Waals surface area contributed by atoms with Gasteiger partial charge in [-0.05, 0) is 57.2 Å². The minimum atomic E-state index is -4.10. The lowest BCUT2D eigenvalue weighted by Gasteiger charge is -2.14. The first-order valence-electron chi connectivity index (χ1n) is 10.3. The average Bonchev–Trinajstić information content (AvgIpc) is 2.77. The molecule has 0 unspecified atom stereocenters. The Hall–Kier alpha value is -3.78. The second-order valence-electron chi connectivity index (χ2n) is 8.00. The maximum Gasteiger partial charge on any atom is 0.244 e. The summed E-state index contributed by atoms with van der Waals surface area (Å²) >= 11 is 0. The van der Waals surface area contributed by atoms with E-state index in [0.717, 1.165) is 11.1 Å². The fourth-order valence-electron chi connectivity index (χ4n) is 3.48. The van der Waals surface area contributed by atoms with E-state index in [9.17, 15) is 18.0 Å². The summed E-state index contributed by atoms with van der Waals surface area (Å²) in [6.45, 7) is 5.34. The van der Waals surface area contributed by atoms with Crippen LogP contribution in [-0.4, -0.2) is 23.9 Å². The van der Waals surface area contributed by atoms with Gasteiger partial charge in [-0.15, -0.1) is 0 Å². The van der Waals surface area contributed by atoms with Crippen molar-refractivity contribution < 1.29 is 13.2 Å². The van der Waals surface area contributed by atoms with E-state index in [2.05, 4.69) is 10.3 Å². The number of aromatic nitrogens is 2. The van der Waals surface area contributed by atoms with Gasteiger partial charge < -0.3 is 9.88 Å². The predicted octanol–water partition coefficient (Wildman–Crippen LogP) is 3.79. The summed E-state index contributed by atoms with van der Waals surface area (Å²) < 4.78 is 28.0. The molecule has 0 saturated heterocycles. The number of aryl methyl sites for hydroxylation is 3. The first-order chi connectivity index (χ1) is 15.6. The van der Waals surface area contributed by atoms with Crippen molar-refractivity contribution in [3.63, 3.8) is 0 Å². The third-order valence-electron chi connectivity index (χ3n) is 5.30. The molecule has 2 heterocycles. The second kappa shape index (κ2) is 8.63. The molecule has 0 spiro atoms. The van der Waals surface area contributed by atoms with Gasteiger partial charge in [0.05, 0.1) is 10.3 Å². The number of hydrogen-bond acceptors (Lipinski definition) is 5. The van der Waals surface area contributed by atoms with Crippen LogP contribution in [0.4, 0.5) is 5.69 Å². The SMILES string of the molecule is Cc1ccc(NC(=O)Cn2cc(S(=O)(=O)c3ccc(C)cc3)c(=O)c3ccc(C)nc32)cc1. The van der Waals surface area contributed by atoms with E-state index in [-0.39, 0.29) is 28.4 Å². The van der Waals surface area contributed by atoms with Gasteiger partial charge in [0, 0.05) is 17.6 Å².